The minimum atomic E-state index is -4.49. The van der Waals surface area contributed by atoms with E-state index in [9.17, 15) is 22.8 Å². The minimum Gasteiger partial charge on any atom is -0.482 e. The average molecular weight is 315 g/mol. The van der Waals surface area contributed by atoms with Gasteiger partial charge in [0.05, 0.1) is 17.5 Å². The highest BCUT2D eigenvalue weighted by atomic mass is 19.4. The Kier molecular flexibility index (Phi) is 4.39. The summed E-state index contributed by atoms with van der Waals surface area (Å²) in [5.41, 5.74) is -0.767. The van der Waals surface area contributed by atoms with Crippen molar-refractivity contribution in [2.45, 2.75) is 13.1 Å². The van der Waals surface area contributed by atoms with Gasteiger partial charge < -0.3 is 14.5 Å². The van der Waals surface area contributed by atoms with Crippen molar-refractivity contribution in [3.05, 3.63) is 40.2 Å². The first-order chi connectivity index (χ1) is 10.3. The molecule has 22 heavy (non-hydrogen) atoms. The summed E-state index contributed by atoms with van der Waals surface area (Å²) in [5.74, 6) is -0.922. The van der Waals surface area contributed by atoms with E-state index in [-0.39, 0.29) is 28.8 Å². The summed E-state index contributed by atoms with van der Waals surface area (Å²) in [6.07, 6.45) is -3.39. The van der Waals surface area contributed by atoms with Crippen LogP contribution >= 0.6 is 0 Å². The normalized spacial score (nSPS) is 11.5. The second-order valence-electron chi connectivity index (χ2n) is 4.33. The van der Waals surface area contributed by atoms with Gasteiger partial charge in [0, 0.05) is 6.20 Å². The lowest BCUT2D eigenvalue weighted by Gasteiger charge is -2.11. The van der Waals surface area contributed by atoms with Gasteiger partial charge in [-0.25, -0.2) is 4.79 Å². The molecule has 0 fully saturated rings. The molecule has 0 saturated heterocycles. The number of pyridine rings is 1. The molecular weight excluding hydrogens is 303 g/mol. The second-order valence-corrected chi connectivity index (χ2v) is 4.33. The fourth-order valence-corrected chi connectivity index (χ4v) is 1.86. The molecule has 2 aromatic rings. The first-order valence-corrected chi connectivity index (χ1v) is 6.34. The van der Waals surface area contributed by atoms with Crippen LogP contribution in [0, 0.1) is 0 Å². The molecule has 0 radical (unpaired) electrons. The van der Waals surface area contributed by atoms with Gasteiger partial charge in [-0.05, 0) is 19.1 Å². The Balaban J connectivity index is 2.45. The molecule has 1 N–H and O–H groups in total. The van der Waals surface area contributed by atoms with Crippen LogP contribution in [0.25, 0.3) is 10.9 Å². The maximum Gasteiger partial charge on any atom is 0.422 e. The van der Waals surface area contributed by atoms with E-state index in [4.69, 9.17) is 4.74 Å². The lowest BCUT2D eigenvalue weighted by Crippen LogP contribution is -2.20. The summed E-state index contributed by atoms with van der Waals surface area (Å²) >= 11 is 0. The van der Waals surface area contributed by atoms with Gasteiger partial charge in [-0.1, -0.05) is 6.07 Å². The number of H-pyrrole nitrogens is 1. The van der Waals surface area contributed by atoms with Crippen LogP contribution < -0.4 is 10.2 Å². The van der Waals surface area contributed by atoms with E-state index in [0.29, 0.717) is 0 Å². The molecular formula is C14H12F3NO4. The van der Waals surface area contributed by atoms with Crippen molar-refractivity contribution in [2.75, 3.05) is 13.2 Å². The molecule has 0 aliphatic heterocycles. The Morgan fingerprint density at radius 1 is 1.32 bits per heavy atom. The Labute approximate surface area is 122 Å². The minimum absolute atomic E-state index is 0.0465. The van der Waals surface area contributed by atoms with Crippen molar-refractivity contribution in [2.24, 2.45) is 0 Å². The number of benzene rings is 1. The Bertz CT molecular complexity index is 752. The van der Waals surface area contributed by atoms with E-state index in [0.717, 1.165) is 6.20 Å². The predicted octanol–water partition coefficient (Wildman–Crippen LogP) is 2.65. The number of fused-ring (bicyclic) bond motifs is 1. The van der Waals surface area contributed by atoms with E-state index in [1.165, 1.54) is 18.2 Å². The number of rotatable bonds is 4. The number of aromatic amines is 1. The molecule has 0 amide bonds. The van der Waals surface area contributed by atoms with Crippen molar-refractivity contribution in [1.82, 2.24) is 4.98 Å². The van der Waals surface area contributed by atoms with Crippen molar-refractivity contribution >= 4 is 16.9 Å². The fraction of sp³-hybridized carbons (Fsp3) is 0.286. The van der Waals surface area contributed by atoms with Crippen LogP contribution in [0.4, 0.5) is 13.2 Å². The van der Waals surface area contributed by atoms with Crippen LogP contribution in [-0.4, -0.2) is 30.3 Å². The highest BCUT2D eigenvalue weighted by Gasteiger charge is 2.29. The Morgan fingerprint density at radius 2 is 2.05 bits per heavy atom. The topological polar surface area (TPSA) is 68.4 Å². The molecule has 0 unspecified atom stereocenters. The van der Waals surface area contributed by atoms with Gasteiger partial charge in [-0.3, -0.25) is 4.79 Å². The Morgan fingerprint density at radius 3 is 2.68 bits per heavy atom. The predicted molar refractivity (Wildman–Crippen MR) is 72.1 cm³/mol. The zero-order valence-electron chi connectivity index (χ0n) is 11.5. The van der Waals surface area contributed by atoms with Gasteiger partial charge in [0.25, 0.3) is 0 Å². The number of alkyl halides is 3. The zero-order valence-corrected chi connectivity index (χ0v) is 11.5. The SMILES string of the molecule is CCOC(=O)c1c[nH]c2c(OCC(F)(F)F)cccc2c1=O. The number of nitrogens with one attached hydrogen (secondary N) is 1. The van der Waals surface area contributed by atoms with Crippen molar-refractivity contribution in [3.8, 4) is 5.75 Å². The molecule has 0 spiro atoms. The van der Waals surface area contributed by atoms with Gasteiger partial charge in [0.1, 0.15) is 11.3 Å². The van der Waals surface area contributed by atoms with E-state index in [1.807, 2.05) is 0 Å². The highest BCUT2D eigenvalue weighted by molar-refractivity contribution is 5.94. The molecule has 0 aliphatic carbocycles. The van der Waals surface area contributed by atoms with E-state index < -0.39 is 24.2 Å². The highest BCUT2D eigenvalue weighted by Crippen LogP contribution is 2.24. The molecule has 2 rings (SSSR count). The molecule has 1 heterocycles. The number of ether oxygens (including phenoxy) is 2. The third kappa shape index (κ3) is 3.38. The summed E-state index contributed by atoms with van der Waals surface area (Å²) in [4.78, 5) is 26.4. The maximum absolute atomic E-state index is 12.2. The first kappa shape index (κ1) is 15.9. The van der Waals surface area contributed by atoms with Crippen LogP contribution in [0.2, 0.25) is 0 Å². The standard InChI is InChI=1S/C14H12F3NO4/c1-2-21-13(20)9-6-18-11-8(12(9)19)4-3-5-10(11)22-7-14(15,16)17/h3-6H,2,7H2,1H3,(H,18,19). The number of hydrogen-bond acceptors (Lipinski definition) is 4. The quantitative estimate of drug-likeness (QED) is 0.881. The molecule has 1 aromatic heterocycles. The van der Waals surface area contributed by atoms with E-state index in [2.05, 4.69) is 9.72 Å². The fourth-order valence-electron chi connectivity index (χ4n) is 1.86. The van der Waals surface area contributed by atoms with Gasteiger partial charge in [0.2, 0.25) is 5.43 Å². The van der Waals surface area contributed by atoms with Crippen molar-refractivity contribution < 1.29 is 27.4 Å². The van der Waals surface area contributed by atoms with Crippen LogP contribution in [0.5, 0.6) is 5.75 Å². The van der Waals surface area contributed by atoms with Crippen LogP contribution in [0.1, 0.15) is 17.3 Å². The molecule has 8 heteroatoms. The first-order valence-electron chi connectivity index (χ1n) is 6.34. The number of para-hydroxylation sites is 1. The van der Waals surface area contributed by atoms with Gasteiger partial charge in [0.15, 0.2) is 6.61 Å². The number of carbonyl (C=O) groups is 1. The summed E-state index contributed by atoms with van der Waals surface area (Å²) in [5, 5.41) is 0.0465. The number of halogens is 3. The lowest BCUT2D eigenvalue weighted by molar-refractivity contribution is -0.153. The third-order valence-corrected chi connectivity index (χ3v) is 2.76. The van der Waals surface area contributed by atoms with Crippen LogP contribution in [0.3, 0.4) is 0 Å². The number of carbonyl (C=O) groups excluding carboxylic acids is 1. The average Bonchev–Trinajstić information content (AvgIpc) is 2.45. The third-order valence-electron chi connectivity index (χ3n) is 2.76. The zero-order chi connectivity index (χ0) is 16.3. The van der Waals surface area contributed by atoms with Crippen molar-refractivity contribution in [1.29, 1.82) is 0 Å². The van der Waals surface area contributed by atoms with E-state index >= 15 is 0 Å². The number of hydrogen-bond donors (Lipinski definition) is 1. The molecule has 118 valence electrons. The summed E-state index contributed by atoms with van der Waals surface area (Å²) < 4.78 is 46.1. The maximum atomic E-state index is 12.2. The summed E-state index contributed by atoms with van der Waals surface area (Å²) in [6.45, 7) is 0.217. The van der Waals surface area contributed by atoms with Crippen molar-refractivity contribution in [3.63, 3.8) is 0 Å². The molecule has 0 atom stereocenters. The Hall–Kier alpha value is -2.51. The molecule has 5 nitrogen and oxygen atoms in total. The summed E-state index contributed by atoms with van der Waals surface area (Å²) in [6, 6.07) is 4.06. The monoisotopic (exact) mass is 315 g/mol. The number of esters is 1. The van der Waals surface area contributed by atoms with Gasteiger partial charge >= 0.3 is 12.1 Å². The largest absolute Gasteiger partial charge is 0.482 e. The smallest absolute Gasteiger partial charge is 0.422 e. The van der Waals surface area contributed by atoms with Crippen LogP contribution in [0.15, 0.2) is 29.2 Å². The second kappa shape index (κ2) is 6.08. The summed E-state index contributed by atoms with van der Waals surface area (Å²) in [7, 11) is 0. The lowest BCUT2D eigenvalue weighted by atomic mass is 10.1. The molecule has 0 saturated carbocycles. The van der Waals surface area contributed by atoms with E-state index in [1.54, 1.807) is 6.92 Å². The molecule has 1 aromatic carbocycles. The molecule has 0 bridgehead atoms. The molecule has 0 aliphatic rings. The van der Waals surface area contributed by atoms with Gasteiger partial charge in [-0.2, -0.15) is 13.2 Å². The van der Waals surface area contributed by atoms with Gasteiger partial charge in [-0.15, -0.1) is 0 Å². The number of aromatic nitrogens is 1. The van der Waals surface area contributed by atoms with Crippen LogP contribution in [-0.2, 0) is 4.74 Å².